The van der Waals surface area contributed by atoms with Crippen molar-refractivity contribution in [3.63, 3.8) is 0 Å². The quantitative estimate of drug-likeness (QED) is 0.149. The van der Waals surface area contributed by atoms with Crippen molar-refractivity contribution in [2.24, 2.45) is 0 Å². The van der Waals surface area contributed by atoms with Crippen molar-refractivity contribution in [3.05, 3.63) is 120 Å². The monoisotopic (exact) mass is 582 g/mol. The number of esters is 1. The fraction of sp³-hybridized carbons (Fsp3) is 0.303. The molecule has 1 amide bonds. The Hall–Kier alpha value is -4.40. The highest BCUT2D eigenvalue weighted by molar-refractivity contribution is 6.04. The fourth-order valence-corrected chi connectivity index (χ4v) is 3.40. The van der Waals surface area contributed by atoms with Crippen LogP contribution in [0.25, 0.3) is 0 Å². The molecule has 0 radical (unpaired) electrons. The molecule has 0 aliphatic rings. The molecule has 0 saturated carbocycles. The van der Waals surface area contributed by atoms with E-state index in [0.29, 0.717) is 6.42 Å². The van der Waals surface area contributed by atoms with E-state index in [0.717, 1.165) is 62.6 Å². The Morgan fingerprint density at radius 2 is 1.31 bits per heavy atom. The largest absolute Gasteiger partial charge is 0.457 e. The number of alkyl halides is 3. The van der Waals surface area contributed by atoms with Crippen molar-refractivity contribution in [1.82, 2.24) is 5.16 Å². The molecule has 6 nitrogen and oxygen atoms in total. The minimum Gasteiger partial charge on any atom is -0.457 e. The minimum absolute atomic E-state index is 0.0108. The third-order valence-electron chi connectivity index (χ3n) is 5.61. The summed E-state index contributed by atoms with van der Waals surface area (Å²) in [5, 5.41) is 6.02. The van der Waals surface area contributed by atoms with Gasteiger partial charge in [-0.3, -0.25) is 9.59 Å². The fourth-order valence-electron chi connectivity index (χ4n) is 3.40. The van der Waals surface area contributed by atoms with Crippen LogP contribution in [0, 0.1) is 0 Å². The number of allylic oxidation sites excluding steroid dienone is 11. The summed E-state index contributed by atoms with van der Waals surface area (Å²) in [4.78, 5) is 24.5. The molecule has 1 N–H and O–H groups in total. The Bertz CT molecular complexity index is 1270. The normalized spacial score (nSPS) is 12.7. The molecule has 2 aromatic rings. The number of hydrogen-bond donors (Lipinski definition) is 1. The second-order valence-electron chi connectivity index (χ2n) is 8.97. The zero-order valence-corrected chi connectivity index (χ0v) is 23.7. The second kappa shape index (κ2) is 19.6. The predicted molar refractivity (Wildman–Crippen MR) is 159 cm³/mol. The van der Waals surface area contributed by atoms with Crippen LogP contribution in [0.5, 0.6) is 0 Å². The molecular weight excluding hydrogens is 545 g/mol. The molecule has 1 heterocycles. The Morgan fingerprint density at radius 3 is 1.81 bits per heavy atom. The summed E-state index contributed by atoms with van der Waals surface area (Å²) in [6.45, 7) is 1.82. The highest BCUT2D eigenvalue weighted by Crippen LogP contribution is 2.30. The number of ether oxygens (including phenoxy) is 1. The molecular formula is C33H37F3N2O4. The number of halogens is 3. The van der Waals surface area contributed by atoms with Gasteiger partial charge in [-0.15, -0.1) is 0 Å². The lowest BCUT2D eigenvalue weighted by Gasteiger charge is -2.08. The number of anilines is 1. The van der Waals surface area contributed by atoms with Gasteiger partial charge in [0.1, 0.15) is 5.56 Å². The average molecular weight is 583 g/mol. The van der Waals surface area contributed by atoms with Crippen LogP contribution in [0.4, 0.5) is 18.9 Å². The first-order chi connectivity index (χ1) is 20.3. The molecule has 0 aliphatic heterocycles. The van der Waals surface area contributed by atoms with Crippen LogP contribution in [-0.4, -0.2) is 17.0 Å². The Balaban J connectivity index is 1.61. The van der Waals surface area contributed by atoms with Gasteiger partial charge in [-0.2, -0.15) is 13.2 Å². The van der Waals surface area contributed by atoms with E-state index in [1.54, 1.807) is 6.08 Å². The first-order valence-corrected chi connectivity index (χ1v) is 13.8. The molecule has 0 unspecified atom stereocenters. The summed E-state index contributed by atoms with van der Waals surface area (Å²) in [6, 6.07) is 4.00. The van der Waals surface area contributed by atoms with Crippen molar-refractivity contribution >= 4 is 17.6 Å². The van der Waals surface area contributed by atoms with Crippen molar-refractivity contribution in [3.8, 4) is 0 Å². The van der Waals surface area contributed by atoms with Crippen LogP contribution in [0.15, 0.2) is 108 Å². The molecule has 1 aromatic heterocycles. The smallest absolute Gasteiger partial charge is 0.416 e. The molecule has 0 atom stereocenters. The maximum atomic E-state index is 12.7. The summed E-state index contributed by atoms with van der Waals surface area (Å²) in [6.07, 6.45) is 27.0. The lowest BCUT2D eigenvalue weighted by molar-refractivity contribution is -0.144. The highest BCUT2D eigenvalue weighted by Gasteiger charge is 2.30. The number of aromatic nitrogens is 1. The molecule has 0 saturated heterocycles. The van der Waals surface area contributed by atoms with Crippen LogP contribution in [0.3, 0.4) is 0 Å². The van der Waals surface area contributed by atoms with Gasteiger partial charge < -0.3 is 14.6 Å². The van der Waals surface area contributed by atoms with Crippen LogP contribution >= 0.6 is 0 Å². The second-order valence-corrected chi connectivity index (χ2v) is 8.97. The van der Waals surface area contributed by atoms with E-state index >= 15 is 0 Å². The molecule has 0 spiro atoms. The third kappa shape index (κ3) is 14.3. The Kier molecular flexibility index (Phi) is 15.8. The third-order valence-corrected chi connectivity index (χ3v) is 5.61. The zero-order chi connectivity index (χ0) is 30.5. The Morgan fingerprint density at radius 1 is 0.810 bits per heavy atom. The van der Waals surface area contributed by atoms with E-state index in [4.69, 9.17) is 9.26 Å². The lowest BCUT2D eigenvalue weighted by Crippen LogP contribution is -2.14. The summed E-state index contributed by atoms with van der Waals surface area (Å²) in [5.74, 6) is -1.14. The molecule has 0 aliphatic carbocycles. The molecule has 0 bridgehead atoms. The van der Waals surface area contributed by atoms with Crippen LogP contribution in [0.2, 0.25) is 0 Å². The number of hydrogen-bond acceptors (Lipinski definition) is 5. The van der Waals surface area contributed by atoms with Gasteiger partial charge in [0.25, 0.3) is 5.91 Å². The van der Waals surface area contributed by atoms with Gasteiger partial charge in [-0.25, -0.2) is 0 Å². The number of rotatable bonds is 17. The first-order valence-electron chi connectivity index (χ1n) is 13.8. The van der Waals surface area contributed by atoms with Crippen molar-refractivity contribution < 1.29 is 32.0 Å². The minimum atomic E-state index is -4.47. The van der Waals surface area contributed by atoms with E-state index in [1.165, 1.54) is 0 Å². The van der Waals surface area contributed by atoms with Crippen LogP contribution < -0.4 is 5.32 Å². The number of carbonyl (C=O) groups excluding carboxylic acids is 2. The van der Waals surface area contributed by atoms with Gasteiger partial charge in [0.15, 0.2) is 12.4 Å². The van der Waals surface area contributed by atoms with Gasteiger partial charge in [-0.1, -0.05) is 85.0 Å². The summed E-state index contributed by atoms with van der Waals surface area (Å²) >= 11 is 0. The van der Waals surface area contributed by atoms with Gasteiger partial charge in [-0.05, 0) is 62.8 Å². The lowest BCUT2D eigenvalue weighted by atomic mass is 10.2. The molecule has 1 aromatic carbocycles. The van der Waals surface area contributed by atoms with Crippen LogP contribution in [-0.2, 0) is 22.3 Å². The van der Waals surface area contributed by atoms with Gasteiger partial charge in [0, 0.05) is 5.69 Å². The number of amides is 1. The summed E-state index contributed by atoms with van der Waals surface area (Å²) in [5.41, 5.74) is -0.656. The maximum Gasteiger partial charge on any atom is 0.416 e. The number of nitrogens with zero attached hydrogens (tertiary/aromatic N) is 1. The summed E-state index contributed by atoms with van der Waals surface area (Å²) in [7, 11) is 0. The van der Waals surface area contributed by atoms with Crippen LogP contribution in [0.1, 0.15) is 73.6 Å². The van der Waals surface area contributed by atoms with Crippen molar-refractivity contribution in [2.75, 3.05) is 5.32 Å². The van der Waals surface area contributed by atoms with E-state index in [1.807, 2.05) is 12.2 Å². The maximum absolute atomic E-state index is 12.7. The van der Waals surface area contributed by atoms with Crippen molar-refractivity contribution in [1.29, 1.82) is 0 Å². The van der Waals surface area contributed by atoms with E-state index in [9.17, 15) is 22.8 Å². The number of benzene rings is 1. The first kappa shape index (κ1) is 33.8. The number of nitrogens with one attached hydrogen (secondary N) is 1. The topological polar surface area (TPSA) is 81.4 Å². The van der Waals surface area contributed by atoms with Gasteiger partial charge >= 0.3 is 12.1 Å². The van der Waals surface area contributed by atoms with E-state index in [-0.39, 0.29) is 30.0 Å². The standard InChI is InChI=1S/C33H37F3N2O4/c1-2-3-4-5-6-7-8-9-10-11-12-13-14-15-16-17-18-19-20-31(39)41-26-30-29(25-37-42-30)32(40)38-28-23-21-27(22-24-28)33(34,35)36/h3-4,6-7,9-10,12-13,15-16,18-19,21-25H,2,5,8,11,14,17,20,26H2,1H3,(H,38,40)/b4-3-,7-6-,10-9-,13-12-,16-15-,19-18-. The highest BCUT2D eigenvalue weighted by atomic mass is 19.4. The van der Waals surface area contributed by atoms with Crippen molar-refractivity contribution in [2.45, 2.75) is 64.7 Å². The molecule has 42 heavy (non-hydrogen) atoms. The van der Waals surface area contributed by atoms with Gasteiger partial charge in [0.05, 0.1) is 18.2 Å². The predicted octanol–water partition coefficient (Wildman–Crippen LogP) is 9.08. The molecule has 224 valence electrons. The Labute approximate surface area is 245 Å². The SMILES string of the molecule is CC/C=C\C/C=C\C/C=C\C/C=C\C/C=C\C/C=C\CC(=O)OCc1oncc1C(=O)Nc1ccc(C(F)(F)F)cc1. The molecule has 0 fully saturated rings. The van der Waals surface area contributed by atoms with E-state index < -0.39 is 23.6 Å². The van der Waals surface area contributed by atoms with E-state index in [2.05, 4.69) is 72.1 Å². The average Bonchev–Trinajstić information content (AvgIpc) is 3.44. The van der Waals surface area contributed by atoms with Gasteiger partial charge in [0.2, 0.25) is 0 Å². The number of carbonyl (C=O) groups is 2. The molecule has 2 rings (SSSR count). The molecule has 9 heteroatoms. The summed E-state index contributed by atoms with van der Waals surface area (Å²) < 4.78 is 48.3. The zero-order valence-electron chi connectivity index (χ0n) is 23.7.